The summed E-state index contributed by atoms with van der Waals surface area (Å²) >= 11 is 4.53. The molecule has 1 aliphatic heterocycles. The normalized spacial score (nSPS) is 14.4. The number of methoxy groups -OCH3 is 1. The second-order valence-electron chi connectivity index (χ2n) is 6.81. The van der Waals surface area contributed by atoms with Crippen LogP contribution < -0.4 is 9.47 Å². The third-order valence-electron chi connectivity index (χ3n) is 4.67. The molecule has 0 N–H and O–H groups in total. The smallest absolute Gasteiger partial charge is 0.343 e. The van der Waals surface area contributed by atoms with Crippen molar-refractivity contribution in [3.05, 3.63) is 102 Å². The van der Waals surface area contributed by atoms with Gasteiger partial charge in [0.2, 0.25) is 0 Å². The quantitative estimate of drug-likeness (QED) is 0.177. The lowest BCUT2D eigenvalue weighted by Gasteiger charge is -2.11. The van der Waals surface area contributed by atoms with E-state index in [2.05, 4.69) is 45.2 Å². The van der Waals surface area contributed by atoms with Crippen molar-refractivity contribution in [2.24, 2.45) is 0 Å². The van der Waals surface area contributed by atoms with Gasteiger partial charge in [0, 0.05) is 5.56 Å². The zero-order valence-electron chi connectivity index (χ0n) is 16.6. The van der Waals surface area contributed by atoms with Gasteiger partial charge in [0.25, 0.3) is 0 Å². The fourth-order valence-corrected chi connectivity index (χ4v) is 5.22. The van der Waals surface area contributed by atoms with E-state index in [-0.39, 0.29) is 5.97 Å². The standard InChI is InChI=1S/C25H18I2O4/c1-29-20-9-7-18(8-10-20)23-14-19(25(28)31-23)11-17-12-21(26)24(22(27)13-17)30-15-16-5-3-2-4-6-16/h2-14H,15H2,1H3/b19-11+. The van der Waals surface area contributed by atoms with Crippen LogP contribution in [-0.2, 0) is 16.1 Å². The van der Waals surface area contributed by atoms with Crippen molar-refractivity contribution in [1.29, 1.82) is 0 Å². The highest BCUT2D eigenvalue weighted by Gasteiger charge is 2.22. The number of carbonyl (C=O) groups is 1. The summed E-state index contributed by atoms with van der Waals surface area (Å²) in [5.41, 5.74) is 3.37. The number of hydrogen-bond donors (Lipinski definition) is 0. The van der Waals surface area contributed by atoms with E-state index in [9.17, 15) is 4.79 Å². The Morgan fingerprint density at radius 1 is 0.968 bits per heavy atom. The van der Waals surface area contributed by atoms with Gasteiger partial charge in [-0.2, -0.15) is 0 Å². The molecule has 1 aliphatic rings. The first kappa shape index (κ1) is 21.9. The molecule has 0 fully saturated rings. The first-order valence-corrected chi connectivity index (χ1v) is 11.6. The van der Waals surface area contributed by atoms with E-state index in [1.165, 1.54) is 0 Å². The number of esters is 1. The van der Waals surface area contributed by atoms with Gasteiger partial charge < -0.3 is 14.2 Å². The number of rotatable bonds is 6. The molecule has 0 aliphatic carbocycles. The molecule has 6 heteroatoms. The first-order valence-electron chi connectivity index (χ1n) is 9.49. The Kier molecular flexibility index (Phi) is 6.96. The summed E-state index contributed by atoms with van der Waals surface area (Å²) in [4.78, 5) is 12.4. The lowest BCUT2D eigenvalue weighted by molar-refractivity contribution is -0.130. The molecule has 0 atom stereocenters. The summed E-state index contributed by atoms with van der Waals surface area (Å²) in [7, 11) is 1.62. The fourth-order valence-electron chi connectivity index (χ4n) is 3.10. The Morgan fingerprint density at radius 2 is 1.65 bits per heavy atom. The molecule has 0 aromatic heterocycles. The van der Waals surface area contributed by atoms with Gasteiger partial charge in [-0.25, -0.2) is 4.79 Å². The minimum atomic E-state index is -0.361. The molecule has 31 heavy (non-hydrogen) atoms. The van der Waals surface area contributed by atoms with Crippen LogP contribution in [0.4, 0.5) is 0 Å². The highest BCUT2D eigenvalue weighted by atomic mass is 127. The maximum absolute atomic E-state index is 12.4. The van der Waals surface area contributed by atoms with Crippen molar-refractivity contribution in [2.75, 3.05) is 7.11 Å². The zero-order valence-corrected chi connectivity index (χ0v) is 20.9. The van der Waals surface area contributed by atoms with Crippen molar-refractivity contribution in [2.45, 2.75) is 6.61 Å². The number of ether oxygens (including phenoxy) is 3. The highest BCUT2D eigenvalue weighted by Crippen LogP contribution is 2.32. The molecule has 1 heterocycles. The third kappa shape index (κ3) is 5.30. The number of hydrogen-bond acceptors (Lipinski definition) is 4. The Hall–Kier alpha value is -2.33. The summed E-state index contributed by atoms with van der Waals surface area (Å²) in [6, 6.07) is 21.5. The van der Waals surface area contributed by atoms with Gasteiger partial charge in [-0.1, -0.05) is 30.3 Å². The van der Waals surface area contributed by atoms with Gasteiger partial charge in [0.05, 0.1) is 19.8 Å². The second-order valence-corrected chi connectivity index (χ2v) is 9.14. The topological polar surface area (TPSA) is 44.8 Å². The zero-order chi connectivity index (χ0) is 21.8. The molecule has 0 spiro atoms. The monoisotopic (exact) mass is 636 g/mol. The highest BCUT2D eigenvalue weighted by molar-refractivity contribution is 14.1. The Labute approximate surface area is 208 Å². The van der Waals surface area contributed by atoms with Gasteiger partial charge >= 0.3 is 5.97 Å². The van der Waals surface area contributed by atoms with Crippen LogP contribution in [-0.4, -0.2) is 13.1 Å². The first-order chi connectivity index (χ1) is 15.0. The molecule has 0 saturated heterocycles. The van der Waals surface area contributed by atoms with Gasteiger partial charge in [-0.15, -0.1) is 0 Å². The molecule has 3 aromatic carbocycles. The van der Waals surface area contributed by atoms with Crippen LogP contribution in [0.25, 0.3) is 11.8 Å². The van der Waals surface area contributed by atoms with E-state index in [1.54, 1.807) is 13.2 Å². The maximum Gasteiger partial charge on any atom is 0.343 e. The molecule has 0 bridgehead atoms. The second kappa shape index (κ2) is 9.86. The summed E-state index contributed by atoms with van der Waals surface area (Å²) in [6.45, 7) is 0.508. The minimum Gasteiger partial charge on any atom is -0.497 e. The van der Waals surface area contributed by atoms with E-state index in [1.807, 2.05) is 72.8 Å². The summed E-state index contributed by atoms with van der Waals surface area (Å²) in [5.74, 6) is 1.77. The molecule has 3 aromatic rings. The SMILES string of the molecule is COc1ccc(C2=C/C(=C\c3cc(I)c(OCc4ccccc4)c(I)c3)C(=O)O2)cc1. The van der Waals surface area contributed by atoms with E-state index in [0.29, 0.717) is 17.9 Å². The molecular formula is C25H18I2O4. The van der Waals surface area contributed by atoms with Gasteiger partial charge in [-0.05, 0) is 105 Å². The van der Waals surface area contributed by atoms with Crippen molar-refractivity contribution in [3.63, 3.8) is 0 Å². The minimum absolute atomic E-state index is 0.361. The number of carbonyl (C=O) groups excluding carboxylic acids is 1. The molecule has 4 nitrogen and oxygen atoms in total. The van der Waals surface area contributed by atoms with Crippen molar-refractivity contribution >= 4 is 63.0 Å². The Bertz CT molecular complexity index is 1140. The number of benzene rings is 3. The number of cyclic esters (lactones) is 1. The Balaban J connectivity index is 1.55. The largest absolute Gasteiger partial charge is 0.497 e. The molecule has 0 saturated carbocycles. The summed E-state index contributed by atoms with van der Waals surface area (Å²) in [5, 5.41) is 0. The van der Waals surface area contributed by atoms with E-state index >= 15 is 0 Å². The van der Waals surface area contributed by atoms with Crippen LogP contribution in [0.15, 0.2) is 78.4 Å². The average Bonchev–Trinajstić information content (AvgIpc) is 3.14. The van der Waals surface area contributed by atoms with Crippen LogP contribution in [0.2, 0.25) is 0 Å². The third-order valence-corrected chi connectivity index (χ3v) is 6.27. The van der Waals surface area contributed by atoms with Crippen LogP contribution in [0.5, 0.6) is 11.5 Å². The maximum atomic E-state index is 12.4. The molecule has 0 radical (unpaired) electrons. The van der Waals surface area contributed by atoms with Crippen molar-refractivity contribution in [3.8, 4) is 11.5 Å². The predicted octanol–water partition coefficient (Wildman–Crippen LogP) is 6.46. The van der Waals surface area contributed by atoms with Gasteiger partial charge in [0.15, 0.2) is 0 Å². The van der Waals surface area contributed by atoms with Crippen molar-refractivity contribution in [1.82, 2.24) is 0 Å². The molecule has 156 valence electrons. The lowest BCUT2D eigenvalue weighted by Crippen LogP contribution is -2.00. The lowest BCUT2D eigenvalue weighted by atomic mass is 10.1. The Morgan fingerprint density at radius 3 is 2.29 bits per heavy atom. The number of halogens is 2. The van der Waals surface area contributed by atoms with E-state index in [4.69, 9.17) is 14.2 Å². The molecular weight excluding hydrogens is 618 g/mol. The van der Waals surface area contributed by atoms with Crippen LogP contribution in [0, 0.1) is 7.14 Å². The fraction of sp³-hybridized carbons (Fsp3) is 0.0800. The van der Waals surface area contributed by atoms with Crippen molar-refractivity contribution < 1.29 is 19.0 Å². The molecule has 4 rings (SSSR count). The van der Waals surface area contributed by atoms with Crippen LogP contribution in [0.3, 0.4) is 0 Å². The van der Waals surface area contributed by atoms with Crippen LogP contribution in [0.1, 0.15) is 16.7 Å². The predicted molar refractivity (Wildman–Crippen MR) is 138 cm³/mol. The van der Waals surface area contributed by atoms with E-state index < -0.39 is 0 Å². The molecule has 0 amide bonds. The van der Waals surface area contributed by atoms with Gasteiger partial charge in [-0.3, -0.25) is 0 Å². The summed E-state index contributed by atoms with van der Waals surface area (Å²) < 4.78 is 18.7. The van der Waals surface area contributed by atoms with Crippen LogP contribution >= 0.6 is 45.2 Å². The molecule has 0 unspecified atom stereocenters. The average molecular weight is 636 g/mol. The summed E-state index contributed by atoms with van der Waals surface area (Å²) in [6.07, 6.45) is 3.61. The van der Waals surface area contributed by atoms with Gasteiger partial charge in [0.1, 0.15) is 23.9 Å². The van der Waals surface area contributed by atoms with E-state index in [0.717, 1.165) is 35.3 Å².